The first-order valence-corrected chi connectivity index (χ1v) is 4.76. The molecule has 0 saturated heterocycles. The second-order valence-electron chi connectivity index (χ2n) is 3.56. The van der Waals surface area contributed by atoms with Gasteiger partial charge in [-0.1, -0.05) is 11.6 Å². The third kappa shape index (κ3) is 3.00. The smallest absolute Gasteiger partial charge is 0.330 e. The Morgan fingerprint density at radius 1 is 1.64 bits per heavy atom. The van der Waals surface area contributed by atoms with Crippen molar-refractivity contribution in [2.75, 3.05) is 7.11 Å². The van der Waals surface area contributed by atoms with E-state index in [9.17, 15) is 9.90 Å². The molecule has 1 unspecified atom stereocenters. The Hall–Kier alpha value is -1.09. The molecular weight excluding hydrogens is 180 g/mol. The fraction of sp³-hybridized carbons (Fsp3) is 0.545. The Labute approximate surface area is 84.1 Å². The molecular formula is C11H16O3. The summed E-state index contributed by atoms with van der Waals surface area (Å²) in [6, 6.07) is 0. The van der Waals surface area contributed by atoms with Crippen molar-refractivity contribution >= 4 is 5.97 Å². The highest BCUT2D eigenvalue weighted by Crippen LogP contribution is 2.25. The third-order valence-corrected chi connectivity index (χ3v) is 2.48. The van der Waals surface area contributed by atoms with Crippen molar-refractivity contribution in [1.29, 1.82) is 0 Å². The molecule has 3 nitrogen and oxygen atoms in total. The van der Waals surface area contributed by atoms with E-state index >= 15 is 0 Å². The summed E-state index contributed by atoms with van der Waals surface area (Å²) < 4.78 is 4.49. The monoisotopic (exact) mass is 196 g/mol. The maximum absolute atomic E-state index is 10.8. The molecule has 3 heteroatoms. The molecule has 1 atom stereocenters. The van der Waals surface area contributed by atoms with E-state index in [0.717, 1.165) is 18.4 Å². The number of aliphatic hydroxyl groups is 1. The van der Waals surface area contributed by atoms with Gasteiger partial charge in [0, 0.05) is 6.08 Å². The second-order valence-corrected chi connectivity index (χ2v) is 3.56. The molecule has 1 rings (SSSR count). The van der Waals surface area contributed by atoms with Crippen LogP contribution in [0.2, 0.25) is 0 Å². The molecule has 0 bridgehead atoms. The van der Waals surface area contributed by atoms with E-state index in [0.29, 0.717) is 6.42 Å². The van der Waals surface area contributed by atoms with E-state index in [1.807, 2.05) is 6.92 Å². The molecule has 0 saturated carbocycles. The summed E-state index contributed by atoms with van der Waals surface area (Å²) in [6.45, 7) is 2.03. The summed E-state index contributed by atoms with van der Waals surface area (Å²) in [5.41, 5.74) is 2.30. The van der Waals surface area contributed by atoms with Gasteiger partial charge >= 0.3 is 5.97 Å². The molecule has 1 aliphatic rings. The SMILES string of the molecule is COC(=O)/C=C/C1=C(C)CCC(O)C1. The van der Waals surface area contributed by atoms with E-state index in [1.165, 1.54) is 18.8 Å². The van der Waals surface area contributed by atoms with Crippen molar-refractivity contribution in [3.05, 3.63) is 23.3 Å². The van der Waals surface area contributed by atoms with Crippen molar-refractivity contribution in [1.82, 2.24) is 0 Å². The lowest BCUT2D eigenvalue weighted by Crippen LogP contribution is -2.13. The lowest BCUT2D eigenvalue weighted by molar-refractivity contribution is -0.134. The van der Waals surface area contributed by atoms with Gasteiger partial charge in [-0.15, -0.1) is 0 Å². The van der Waals surface area contributed by atoms with Crippen LogP contribution in [0.4, 0.5) is 0 Å². The van der Waals surface area contributed by atoms with Gasteiger partial charge in [-0.3, -0.25) is 0 Å². The maximum Gasteiger partial charge on any atom is 0.330 e. The zero-order valence-corrected chi connectivity index (χ0v) is 8.62. The summed E-state index contributed by atoms with van der Waals surface area (Å²) in [4.78, 5) is 10.8. The Balaban J connectivity index is 2.66. The molecule has 0 amide bonds. The number of ether oxygens (including phenoxy) is 1. The summed E-state index contributed by atoms with van der Waals surface area (Å²) >= 11 is 0. The largest absolute Gasteiger partial charge is 0.466 e. The molecule has 0 spiro atoms. The Morgan fingerprint density at radius 3 is 3.00 bits per heavy atom. The molecule has 0 heterocycles. The van der Waals surface area contributed by atoms with Crippen LogP contribution in [0.3, 0.4) is 0 Å². The van der Waals surface area contributed by atoms with E-state index in [-0.39, 0.29) is 12.1 Å². The van der Waals surface area contributed by atoms with Crippen LogP contribution in [0.5, 0.6) is 0 Å². The highest BCUT2D eigenvalue weighted by atomic mass is 16.5. The lowest BCUT2D eigenvalue weighted by Gasteiger charge is -2.19. The molecule has 0 aromatic carbocycles. The number of esters is 1. The van der Waals surface area contributed by atoms with Gasteiger partial charge in [0.25, 0.3) is 0 Å². The first-order chi connectivity index (χ1) is 6.63. The fourth-order valence-corrected chi connectivity index (χ4v) is 1.52. The number of methoxy groups -OCH3 is 1. The Bertz CT molecular complexity index is 276. The van der Waals surface area contributed by atoms with Gasteiger partial charge in [-0.2, -0.15) is 0 Å². The summed E-state index contributed by atoms with van der Waals surface area (Å²) in [7, 11) is 1.35. The first kappa shape index (κ1) is 11.0. The van der Waals surface area contributed by atoms with E-state index in [2.05, 4.69) is 4.74 Å². The minimum absolute atomic E-state index is 0.268. The van der Waals surface area contributed by atoms with Crippen LogP contribution in [0.25, 0.3) is 0 Å². The van der Waals surface area contributed by atoms with E-state index in [4.69, 9.17) is 0 Å². The number of allylic oxidation sites excluding steroid dienone is 2. The average molecular weight is 196 g/mol. The van der Waals surface area contributed by atoms with Crippen molar-refractivity contribution in [3.8, 4) is 0 Å². The lowest BCUT2D eigenvalue weighted by atomic mass is 9.90. The number of hydrogen-bond donors (Lipinski definition) is 1. The maximum atomic E-state index is 10.8. The number of carbonyl (C=O) groups excluding carboxylic acids is 1. The molecule has 0 fully saturated rings. The molecule has 1 N–H and O–H groups in total. The zero-order valence-electron chi connectivity index (χ0n) is 8.62. The van der Waals surface area contributed by atoms with E-state index < -0.39 is 0 Å². The predicted octanol–water partition coefficient (Wildman–Crippen LogP) is 1.58. The molecule has 1 aliphatic carbocycles. The normalized spacial score (nSPS) is 22.9. The molecule has 0 aliphatic heterocycles. The van der Waals surface area contributed by atoms with Gasteiger partial charge in [0.2, 0.25) is 0 Å². The Kier molecular flexibility index (Phi) is 3.89. The second kappa shape index (κ2) is 4.96. The van der Waals surface area contributed by atoms with Crippen molar-refractivity contribution in [2.24, 2.45) is 0 Å². The van der Waals surface area contributed by atoms with Crippen LogP contribution in [-0.4, -0.2) is 24.3 Å². The van der Waals surface area contributed by atoms with E-state index in [1.54, 1.807) is 6.08 Å². The van der Waals surface area contributed by atoms with Gasteiger partial charge in [0.05, 0.1) is 13.2 Å². The topological polar surface area (TPSA) is 46.5 Å². The van der Waals surface area contributed by atoms with Gasteiger partial charge < -0.3 is 9.84 Å². The average Bonchev–Trinajstić information content (AvgIpc) is 2.19. The molecule has 78 valence electrons. The summed E-state index contributed by atoms with van der Waals surface area (Å²) in [5, 5.41) is 9.44. The highest BCUT2D eigenvalue weighted by Gasteiger charge is 2.14. The summed E-state index contributed by atoms with van der Waals surface area (Å²) in [5.74, 6) is -0.356. The number of hydrogen-bond acceptors (Lipinski definition) is 3. The van der Waals surface area contributed by atoms with Crippen molar-refractivity contribution in [2.45, 2.75) is 32.3 Å². The van der Waals surface area contributed by atoms with Crippen molar-refractivity contribution in [3.63, 3.8) is 0 Å². The van der Waals surface area contributed by atoms with Crippen LogP contribution in [0.15, 0.2) is 23.3 Å². The van der Waals surface area contributed by atoms with Crippen LogP contribution >= 0.6 is 0 Å². The van der Waals surface area contributed by atoms with Crippen LogP contribution in [-0.2, 0) is 9.53 Å². The minimum atomic E-state index is -0.356. The van der Waals surface area contributed by atoms with Crippen LogP contribution < -0.4 is 0 Å². The van der Waals surface area contributed by atoms with Crippen molar-refractivity contribution < 1.29 is 14.6 Å². The fourth-order valence-electron chi connectivity index (χ4n) is 1.52. The van der Waals surface area contributed by atoms with Crippen LogP contribution in [0.1, 0.15) is 26.2 Å². The summed E-state index contributed by atoms with van der Waals surface area (Å²) in [6.07, 6.45) is 5.24. The minimum Gasteiger partial charge on any atom is -0.466 e. The van der Waals surface area contributed by atoms with Gasteiger partial charge in [-0.25, -0.2) is 4.79 Å². The van der Waals surface area contributed by atoms with Gasteiger partial charge in [-0.05, 0) is 31.8 Å². The van der Waals surface area contributed by atoms with Gasteiger partial charge in [0.15, 0.2) is 0 Å². The molecule has 0 radical (unpaired) electrons. The quantitative estimate of drug-likeness (QED) is 0.538. The van der Waals surface area contributed by atoms with Crippen LogP contribution in [0, 0.1) is 0 Å². The predicted molar refractivity (Wildman–Crippen MR) is 53.7 cm³/mol. The molecule has 0 aromatic rings. The number of rotatable bonds is 2. The number of aliphatic hydroxyl groups excluding tert-OH is 1. The number of carbonyl (C=O) groups is 1. The zero-order chi connectivity index (χ0) is 10.6. The highest BCUT2D eigenvalue weighted by molar-refractivity contribution is 5.82. The standard InChI is InChI=1S/C11H16O3/c1-8-3-5-10(12)7-9(8)4-6-11(13)14-2/h4,6,10,12H,3,5,7H2,1-2H3/b6-4+. The molecule has 14 heavy (non-hydrogen) atoms. The first-order valence-electron chi connectivity index (χ1n) is 4.76. The Morgan fingerprint density at radius 2 is 2.36 bits per heavy atom. The third-order valence-electron chi connectivity index (χ3n) is 2.48. The van der Waals surface area contributed by atoms with Gasteiger partial charge in [0.1, 0.15) is 0 Å². The molecule has 0 aromatic heterocycles.